The molecule has 0 radical (unpaired) electrons. The lowest BCUT2D eigenvalue weighted by atomic mass is 10.2. The Balaban J connectivity index is 2.54. The number of halogens is 1. The van der Waals surface area contributed by atoms with Crippen molar-refractivity contribution in [3.05, 3.63) is 16.9 Å². The van der Waals surface area contributed by atoms with Crippen LogP contribution in [0.3, 0.4) is 0 Å². The van der Waals surface area contributed by atoms with E-state index in [9.17, 15) is 0 Å². The third-order valence-electron chi connectivity index (χ3n) is 2.35. The summed E-state index contributed by atoms with van der Waals surface area (Å²) in [4.78, 5) is 0. The fourth-order valence-corrected chi connectivity index (χ4v) is 1.83. The highest BCUT2D eigenvalue weighted by molar-refractivity contribution is 6.31. The Kier molecular flexibility index (Phi) is 5.12. The first-order valence-electron chi connectivity index (χ1n) is 5.59. The number of rotatable bonds is 6. The maximum Gasteiger partial charge on any atom is 0.0817 e. The van der Waals surface area contributed by atoms with Crippen molar-refractivity contribution in [3.63, 3.8) is 0 Å². The number of hydrogen-bond donors (Lipinski definition) is 1. The minimum atomic E-state index is 0.381. The van der Waals surface area contributed by atoms with E-state index in [4.69, 9.17) is 11.6 Å². The summed E-state index contributed by atoms with van der Waals surface area (Å²) >= 11 is 6.10. The smallest absolute Gasteiger partial charge is 0.0817 e. The summed E-state index contributed by atoms with van der Waals surface area (Å²) in [7, 11) is 0. The van der Waals surface area contributed by atoms with Gasteiger partial charge in [-0.05, 0) is 39.8 Å². The number of hydrogen-bond acceptors (Lipinski definition) is 2. The second-order valence-electron chi connectivity index (χ2n) is 3.93. The Hall–Kier alpha value is -0.540. The van der Waals surface area contributed by atoms with E-state index in [0.29, 0.717) is 6.04 Å². The van der Waals surface area contributed by atoms with Crippen molar-refractivity contribution in [2.24, 2.45) is 0 Å². The van der Waals surface area contributed by atoms with Crippen molar-refractivity contribution >= 4 is 11.6 Å². The molecule has 1 rings (SSSR count). The van der Waals surface area contributed by atoms with Gasteiger partial charge in [-0.2, -0.15) is 5.10 Å². The zero-order valence-electron chi connectivity index (χ0n) is 9.76. The third-order valence-corrected chi connectivity index (χ3v) is 2.67. The van der Waals surface area contributed by atoms with E-state index in [1.807, 2.05) is 4.68 Å². The van der Waals surface area contributed by atoms with Crippen LogP contribution in [0.4, 0.5) is 0 Å². The predicted molar refractivity (Wildman–Crippen MR) is 64.5 cm³/mol. The molecule has 0 amide bonds. The highest BCUT2D eigenvalue weighted by Crippen LogP contribution is 2.19. The highest BCUT2D eigenvalue weighted by Gasteiger charge is 2.10. The van der Waals surface area contributed by atoms with E-state index in [0.717, 1.165) is 36.6 Å². The molecule has 4 heteroatoms. The summed E-state index contributed by atoms with van der Waals surface area (Å²) in [6, 6.07) is 0.381. The van der Waals surface area contributed by atoms with E-state index in [-0.39, 0.29) is 0 Å². The van der Waals surface area contributed by atoms with Gasteiger partial charge < -0.3 is 5.32 Å². The van der Waals surface area contributed by atoms with Crippen LogP contribution in [-0.2, 0) is 6.42 Å². The molecule has 0 unspecified atom stereocenters. The molecule has 86 valence electrons. The fourth-order valence-electron chi connectivity index (χ4n) is 1.60. The normalized spacial score (nSPS) is 11.3. The van der Waals surface area contributed by atoms with Gasteiger partial charge in [0.15, 0.2) is 0 Å². The topological polar surface area (TPSA) is 29.9 Å². The van der Waals surface area contributed by atoms with E-state index in [2.05, 4.69) is 31.2 Å². The first kappa shape index (κ1) is 12.5. The second-order valence-corrected chi connectivity index (χ2v) is 4.34. The van der Waals surface area contributed by atoms with Gasteiger partial charge in [-0.1, -0.05) is 18.5 Å². The molecule has 0 aliphatic rings. The Bertz CT molecular complexity index is 294. The lowest BCUT2D eigenvalue weighted by molar-refractivity contribution is 0.503. The molecule has 0 saturated carbocycles. The van der Waals surface area contributed by atoms with Crippen molar-refractivity contribution in [3.8, 4) is 0 Å². The predicted octanol–water partition coefficient (Wildman–Crippen LogP) is 2.66. The SMILES string of the molecule is CCNCCCc1c(Cl)cnn1C(C)C. The van der Waals surface area contributed by atoms with E-state index in [1.165, 1.54) is 0 Å². The summed E-state index contributed by atoms with van der Waals surface area (Å²) in [6.07, 6.45) is 3.83. The molecule has 1 heterocycles. The van der Waals surface area contributed by atoms with E-state index < -0.39 is 0 Å². The molecule has 1 aromatic heterocycles. The van der Waals surface area contributed by atoms with Crippen LogP contribution >= 0.6 is 11.6 Å². The maximum atomic E-state index is 6.10. The molecule has 0 fully saturated rings. The number of nitrogens with one attached hydrogen (secondary N) is 1. The third kappa shape index (κ3) is 3.50. The summed E-state index contributed by atoms with van der Waals surface area (Å²) in [6.45, 7) is 8.42. The first-order chi connectivity index (χ1) is 7.16. The Morgan fingerprint density at radius 2 is 2.27 bits per heavy atom. The van der Waals surface area contributed by atoms with Crippen LogP contribution in [0.5, 0.6) is 0 Å². The summed E-state index contributed by atoms with van der Waals surface area (Å²) < 4.78 is 2.01. The van der Waals surface area contributed by atoms with E-state index in [1.54, 1.807) is 6.20 Å². The van der Waals surface area contributed by atoms with Gasteiger partial charge in [0.05, 0.1) is 16.9 Å². The molecule has 3 nitrogen and oxygen atoms in total. The van der Waals surface area contributed by atoms with Gasteiger partial charge in [-0.15, -0.1) is 0 Å². The van der Waals surface area contributed by atoms with Crippen LogP contribution in [0.25, 0.3) is 0 Å². The summed E-state index contributed by atoms with van der Waals surface area (Å²) in [5.74, 6) is 0. The molecule has 0 aliphatic carbocycles. The number of nitrogens with zero attached hydrogens (tertiary/aromatic N) is 2. The van der Waals surface area contributed by atoms with Crippen molar-refractivity contribution in [1.29, 1.82) is 0 Å². The molecule has 0 spiro atoms. The van der Waals surface area contributed by atoms with Crippen molar-refractivity contribution in [1.82, 2.24) is 15.1 Å². The molecule has 0 saturated heterocycles. The van der Waals surface area contributed by atoms with Crippen molar-refractivity contribution < 1.29 is 0 Å². The van der Waals surface area contributed by atoms with Crippen LogP contribution in [0.15, 0.2) is 6.20 Å². The lowest BCUT2D eigenvalue weighted by Crippen LogP contribution is -2.16. The minimum absolute atomic E-state index is 0.381. The standard InChI is InChI=1S/C11H20ClN3/c1-4-13-7-5-6-11-10(12)8-14-15(11)9(2)3/h8-9,13H,4-7H2,1-3H3. The molecule has 1 N–H and O–H groups in total. The molecule has 0 aliphatic heterocycles. The second kappa shape index (κ2) is 6.13. The largest absolute Gasteiger partial charge is 0.317 e. The number of aromatic nitrogens is 2. The van der Waals surface area contributed by atoms with Gasteiger partial charge in [0.2, 0.25) is 0 Å². The van der Waals surface area contributed by atoms with Crippen LogP contribution in [0, 0.1) is 0 Å². The molecule has 0 bridgehead atoms. The van der Waals surface area contributed by atoms with Gasteiger partial charge in [0.1, 0.15) is 0 Å². The molecule has 15 heavy (non-hydrogen) atoms. The van der Waals surface area contributed by atoms with Gasteiger partial charge in [-0.25, -0.2) is 0 Å². The van der Waals surface area contributed by atoms with Gasteiger partial charge in [-0.3, -0.25) is 4.68 Å². The van der Waals surface area contributed by atoms with E-state index >= 15 is 0 Å². The Labute approximate surface area is 96.8 Å². The Morgan fingerprint density at radius 3 is 2.87 bits per heavy atom. The minimum Gasteiger partial charge on any atom is -0.317 e. The summed E-state index contributed by atoms with van der Waals surface area (Å²) in [5.41, 5.74) is 1.16. The molecule has 0 aromatic carbocycles. The molecular weight excluding hydrogens is 210 g/mol. The van der Waals surface area contributed by atoms with Crippen molar-refractivity contribution in [2.45, 2.75) is 39.7 Å². The van der Waals surface area contributed by atoms with Gasteiger partial charge in [0.25, 0.3) is 0 Å². The molecule has 1 aromatic rings. The quantitative estimate of drug-likeness (QED) is 0.761. The molecule has 0 atom stereocenters. The fraction of sp³-hybridized carbons (Fsp3) is 0.727. The average Bonchev–Trinajstić information content (AvgIpc) is 2.55. The summed E-state index contributed by atoms with van der Waals surface area (Å²) in [5, 5.41) is 8.38. The monoisotopic (exact) mass is 229 g/mol. The van der Waals surface area contributed by atoms with Crippen LogP contribution < -0.4 is 5.32 Å². The van der Waals surface area contributed by atoms with Gasteiger partial charge >= 0.3 is 0 Å². The van der Waals surface area contributed by atoms with Crippen LogP contribution in [-0.4, -0.2) is 22.9 Å². The molecular formula is C11H20ClN3. The van der Waals surface area contributed by atoms with Crippen molar-refractivity contribution in [2.75, 3.05) is 13.1 Å². The lowest BCUT2D eigenvalue weighted by Gasteiger charge is -2.11. The first-order valence-corrected chi connectivity index (χ1v) is 5.97. The van der Waals surface area contributed by atoms with Gasteiger partial charge in [0, 0.05) is 6.04 Å². The average molecular weight is 230 g/mol. The van der Waals surface area contributed by atoms with Crippen LogP contribution in [0.2, 0.25) is 5.02 Å². The zero-order chi connectivity index (χ0) is 11.3. The maximum absolute atomic E-state index is 6.10. The Morgan fingerprint density at radius 1 is 1.53 bits per heavy atom. The zero-order valence-corrected chi connectivity index (χ0v) is 10.5. The highest BCUT2D eigenvalue weighted by atomic mass is 35.5. The van der Waals surface area contributed by atoms with Crippen LogP contribution in [0.1, 0.15) is 38.9 Å².